The Kier molecular flexibility index (Phi) is 9.19. The number of benzene rings is 1. The van der Waals surface area contributed by atoms with Crippen molar-refractivity contribution in [3.8, 4) is 0 Å². The Morgan fingerprint density at radius 1 is 0.913 bits per heavy atom. The van der Waals surface area contributed by atoms with Crippen LogP contribution in [0.25, 0.3) is 0 Å². The van der Waals surface area contributed by atoms with E-state index in [4.69, 9.17) is 0 Å². The summed E-state index contributed by atoms with van der Waals surface area (Å²) in [6, 6.07) is 8.48. The summed E-state index contributed by atoms with van der Waals surface area (Å²) in [4.78, 5) is 12.5. The molecule has 0 bridgehead atoms. The van der Waals surface area contributed by atoms with E-state index in [-0.39, 0.29) is 30.7 Å². The first-order valence-corrected chi connectivity index (χ1v) is 8.67. The van der Waals surface area contributed by atoms with Gasteiger partial charge < -0.3 is 5.32 Å². The van der Waals surface area contributed by atoms with E-state index in [2.05, 4.69) is 29.6 Å². The summed E-state index contributed by atoms with van der Waals surface area (Å²) in [6.45, 7) is 1.96. The molecule has 1 aliphatic heterocycles. The lowest BCUT2D eigenvalue weighted by Crippen LogP contribution is -2.31. The lowest BCUT2D eigenvalue weighted by Gasteiger charge is -2.22. The van der Waals surface area contributed by atoms with Crippen molar-refractivity contribution in [2.24, 2.45) is 11.8 Å². The van der Waals surface area contributed by atoms with Crippen molar-refractivity contribution in [1.29, 1.82) is 0 Å². The Bertz CT molecular complexity index is 463. The third-order valence-corrected chi connectivity index (χ3v) is 5.20. The van der Waals surface area contributed by atoms with Crippen LogP contribution in [0.4, 0.5) is 0 Å². The fourth-order valence-corrected chi connectivity index (χ4v) is 3.85. The summed E-state index contributed by atoms with van der Waals surface area (Å²) in [5, 5.41) is 3.32. The Labute approximate surface area is 152 Å². The molecule has 2 nitrogen and oxygen atoms in total. The maximum atomic E-state index is 12.5. The minimum absolute atomic E-state index is 0. The lowest BCUT2D eigenvalue weighted by molar-refractivity contribution is 0.0895. The highest BCUT2D eigenvalue weighted by Gasteiger charge is 2.22. The van der Waals surface area contributed by atoms with Gasteiger partial charge in [-0.15, -0.1) is 24.8 Å². The first-order chi connectivity index (χ1) is 10.3. The molecule has 1 aromatic rings. The predicted molar refractivity (Wildman–Crippen MR) is 101 cm³/mol. The van der Waals surface area contributed by atoms with Crippen LogP contribution in [0.15, 0.2) is 24.3 Å². The standard InChI is InChI=1S/C19H27NO.2ClH/c21-19(18-10-12-20-13-11-18)17-8-6-16(7-9-17)14-15-4-2-1-3-5-15;;/h6-9,15,18,20H,1-5,10-14H2;2*1H. The molecule has 0 spiro atoms. The molecular formula is C19H29Cl2NO. The fourth-order valence-electron chi connectivity index (χ4n) is 3.85. The molecule has 0 amide bonds. The molecule has 0 aromatic heterocycles. The van der Waals surface area contributed by atoms with Crippen molar-refractivity contribution < 1.29 is 4.79 Å². The number of hydrogen-bond donors (Lipinski definition) is 1. The van der Waals surface area contributed by atoms with E-state index in [1.165, 1.54) is 44.1 Å². The first kappa shape index (κ1) is 20.5. The molecule has 1 heterocycles. The average molecular weight is 358 g/mol. The summed E-state index contributed by atoms with van der Waals surface area (Å²) < 4.78 is 0. The second kappa shape index (κ2) is 10.3. The molecule has 1 aliphatic carbocycles. The Morgan fingerprint density at radius 3 is 2.13 bits per heavy atom. The van der Waals surface area contributed by atoms with Crippen LogP contribution in [0.3, 0.4) is 0 Å². The zero-order chi connectivity index (χ0) is 14.5. The maximum Gasteiger partial charge on any atom is 0.166 e. The van der Waals surface area contributed by atoms with Crippen molar-refractivity contribution in [1.82, 2.24) is 5.32 Å². The minimum atomic E-state index is 0. The Morgan fingerprint density at radius 2 is 1.52 bits per heavy atom. The van der Waals surface area contributed by atoms with Gasteiger partial charge in [0, 0.05) is 11.5 Å². The van der Waals surface area contributed by atoms with Crippen molar-refractivity contribution in [2.75, 3.05) is 13.1 Å². The second-order valence-corrected chi connectivity index (χ2v) is 6.79. The molecule has 1 aromatic carbocycles. The van der Waals surface area contributed by atoms with Gasteiger partial charge >= 0.3 is 0 Å². The van der Waals surface area contributed by atoms with E-state index in [1.54, 1.807) is 0 Å². The normalized spacial score (nSPS) is 19.5. The zero-order valence-electron chi connectivity index (χ0n) is 13.8. The van der Waals surface area contributed by atoms with Gasteiger partial charge in [0.15, 0.2) is 5.78 Å². The molecule has 1 N–H and O–H groups in total. The first-order valence-electron chi connectivity index (χ1n) is 8.67. The van der Waals surface area contributed by atoms with E-state index >= 15 is 0 Å². The van der Waals surface area contributed by atoms with E-state index in [1.807, 2.05) is 0 Å². The van der Waals surface area contributed by atoms with Gasteiger partial charge in [-0.1, -0.05) is 56.4 Å². The molecule has 1 saturated carbocycles. The van der Waals surface area contributed by atoms with Gasteiger partial charge in [0.1, 0.15) is 0 Å². The number of ketones is 1. The molecule has 130 valence electrons. The highest BCUT2D eigenvalue weighted by Crippen LogP contribution is 2.27. The van der Waals surface area contributed by atoms with Crippen LogP contribution in [-0.2, 0) is 6.42 Å². The molecular weight excluding hydrogens is 329 g/mol. The number of halogens is 2. The van der Waals surface area contributed by atoms with Gasteiger partial charge in [-0.3, -0.25) is 4.79 Å². The quantitative estimate of drug-likeness (QED) is 0.781. The van der Waals surface area contributed by atoms with Crippen LogP contribution < -0.4 is 5.32 Å². The summed E-state index contributed by atoms with van der Waals surface area (Å²) in [5.41, 5.74) is 2.32. The molecule has 1 saturated heterocycles. The SMILES string of the molecule is Cl.Cl.O=C(c1ccc(CC2CCCCC2)cc1)C1CCNCC1. The van der Waals surface area contributed by atoms with E-state index in [0.717, 1.165) is 37.4 Å². The van der Waals surface area contributed by atoms with Gasteiger partial charge in [0.2, 0.25) is 0 Å². The van der Waals surface area contributed by atoms with Crippen LogP contribution in [0.1, 0.15) is 60.9 Å². The molecule has 23 heavy (non-hydrogen) atoms. The van der Waals surface area contributed by atoms with Crippen LogP contribution in [-0.4, -0.2) is 18.9 Å². The number of carbonyl (C=O) groups is 1. The fraction of sp³-hybridized carbons (Fsp3) is 0.632. The topological polar surface area (TPSA) is 29.1 Å². The van der Waals surface area contributed by atoms with Gasteiger partial charge in [0.05, 0.1) is 0 Å². The average Bonchev–Trinajstić information content (AvgIpc) is 2.57. The summed E-state index contributed by atoms with van der Waals surface area (Å²) >= 11 is 0. The van der Waals surface area contributed by atoms with E-state index < -0.39 is 0 Å². The van der Waals surface area contributed by atoms with Crippen molar-refractivity contribution in [3.63, 3.8) is 0 Å². The van der Waals surface area contributed by atoms with Gasteiger partial charge in [-0.25, -0.2) is 0 Å². The number of Topliss-reactive ketones (excluding diaryl/α,β-unsaturated/α-hetero) is 1. The Hall–Kier alpha value is -0.570. The van der Waals surface area contributed by atoms with Crippen LogP contribution in [0.2, 0.25) is 0 Å². The highest BCUT2D eigenvalue weighted by atomic mass is 35.5. The Balaban J connectivity index is 0.00000132. The van der Waals surface area contributed by atoms with Crippen LogP contribution in [0.5, 0.6) is 0 Å². The number of carbonyl (C=O) groups excluding carboxylic acids is 1. The van der Waals surface area contributed by atoms with E-state index in [9.17, 15) is 4.79 Å². The smallest absolute Gasteiger partial charge is 0.166 e. The number of rotatable bonds is 4. The van der Waals surface area contributed by atoms with E-state index in [0.29, 0.717) is 5.78 Å². The minimum Gasteiger partial charge on any atom is -0.317 e. The number of hydrogen-bond acceptors (Lipinski definition) is 2. The van der Waals surface area contributed by atoms with Crippen molar-refractivity contribution in [2.45, 2.75) is 51.4 Å². The monoisotopic (exact) mass is 357 g/mol. The second-order valence-electron chi connectivity index (χ2n) is 6.79. The maximum absolute atomic E-state index is 12.5. The molecule has 3 rings (SSSR count). The molecule has 0 radical (unpaired) electrons. The summed E-state index contributed by atoms with van der Waals surface area (Å²) in [5.74, 6) is 1.45. The largest absolute Gasteiger partial charge is 0.317 e. The van der Waals surface area contributed by atoms with Crippen molar-refractivity contribution in [3.05, 3.63) is 35.4 Å². The summed E-state index contributed by atoms with van der Waals surface area (Å²) in [7, 11) is 0. The predicted octanol–water partition coefficient (Wildman–Crippen LogP) is 4.84. The van der Waals surface area contributed by atoms with Crippen molar-refractivity contribution >= 4 is 30.6 Å². The van der Waals surface area contributed by atoms with Gasteiger partial charge in [-0.05, 0) is 43.8 Å². The molecule has 4 heteroatoms. The number of piperidine rings is 1. The molecule has 0 unspecified atom stereocenters. The highest BCUT2D eigenvalue weighted by molar-refractivity contribution is 5.97. The molecule has 2 fully saturated rings. The molecule has 0 atom stereocenters. The van der Waals surface area contributed by atoms with Crippen LogP contribution >= 0.6 is 24.8 Å². The number of nitrogens with one attached hydrogen (secondary N) is 1. The lowest BCUT2D eigenvalue weighted by atomic mass is 9.84. The van der Waals surface area contributed by atoms with Crippen LogP contribution in [0, 0.1) is 11.8 Å². The third-order valence-electron chi connectivity index (χ3n) is 5.20. The zero-order valence-corrected chi connectivity index (χ0v) is 15.4. The molecule has 2 aliphatic rings. The van der Waals surface area contributed by atoms with Gasteiger partial charge in [0.25, 0.3) is 0 Å². The third kappa shape index (κ3) is 5.77. The van der Waals surface area contributed by atoms with Gasteiger partial charge in [-0.2, -0.15) is 0 Å². The summed E-state index contributed by atoms with van der Waals surface area (Å²) in [6.07, 6.45) is 10.2.